The molecule has 1 aromatic rings. The summed E-state index contributed by atoms with van der Waals surface area (Å²) >= 11 is 0. The number of hydrogen-bond donors (Lipinski definition) is 2. The smallest absolute Gasteiger partial charge is 0.307 e. The molecule has 1 unspecified atom stereocenters. The Bertz CT molecular complexity index is 563. The number of imide groups is 1. The maximum Gasteiger partial charge on any atom is 0.325 e. The Hall–Kier alpha value is -1.88. The van der Waals surface area contributed by atoms with Gasteiger partial charge in [-0.25, -0.2) is 4.79 Å². The van der Waals surface area contributed by atoms with Gasteiger partial charge < -0.3 is 5.32 Å². The van der Waals surface area contributed by atoms with Gasteiger partial charge in [0, 0.05) is 5.69 Å². The van der Waals surface area contributed by atoms with Gasteiger partial charge in [-0.3, -0.25) is 15.0 Å². The molecule has 0 aromatic heterocycles. The topological polar surface area (TPSA) is 61.4 Å². The highest BCUT2D eigenvalue weighted by Crippen LogP contribution is 2.16. The molecular formula is C18H27N3O2. The van der Waals surface area contributed by atoms with Crippen LogP contribution in [-0.4, -0.2) is 36.0 Å². The van der Waals surface area contributed by atoms with Gasteiger partial charge in [0.15, 0.2) is 0 Å². The van der Waals surface area contributed by atoms with E-state index >= 15 is 0 Å². The van der Waals surface area contributed by atoms with E-state index in [1.807, 2.05) is 39.0 Å². The van der Waals surface area contributed by atoms with E-state index < -0.39 is 6.03 Å². The number of nitrogens with one attached hydrogen (secondary N) is 2. The molecule has 126 valence electrons. The fourth-order valence-corrected chi connectivity index (χ4v) is 2.97. The Kier molecular flexibility index (Phi) is 6.16. The van der Waals surface area contributed by atoms with Crippen LogP contribution in [0.1, 0.15) is 43.7 Å². The molecule has 0 radical (unpaired) electrons. The highest BCUT2D eigenvalue weighted by atomic mass is 16.2. The summed E-state index contributed by atoms with van der Waals surface area (Å²) in [5.74, 6) is -0.242. The molecule has 0 bridgehead atoms. The quantitative estimate of drug-likeness (QED) is 0.900. The third-order valence-electron chi connectivity index (χ3n) is 4.43. The van der Waals surface area contributed by atoms with E-state index in [2.05, 4.69) is 15.5 Å². The summed E-state index contributed by atoms with van der Waals surface area (Å²) in [5.41, 5.74) is 2.84. The zero-order chi connectivity index (χ0) is 16.8. The lowest BCUT2D eigenvalue weighted by atomic mass is 10.1. The second-order valence-corrected chi connectivity index (χ2v) is 6.39. The van der Waals surface area contributed by atoms with Gasteiger partial charge in [-0.2, -0.15) is 0 Å². The lowest BCUT2D eigenvalue weighted by Crippen LogP contribution is -2.48. The van der Waals surface area contributed by atoms with Crippen molar-refractivity contribution >= 4 is 17.6 Å². The fourth-order valence-electron chi connectivity index (χ4n) is 2.97. The Morgan fingerprint density at radius 2 is 1.74 bits per heavy atom. The van der Waals surface area contributed by atoms with Gasteiger partial charge in [0.25, 0.3) is 0 Å². The standard InChI is InChI=1S/C18H27N3O2/c1-13-8-9-16(14(2)12-13)19-18(23)20-17(22)15(3)21-10-6-4-5-7-11-21/h8-9,12,15H,4-7,10-11H2,1-3H3,(H2,19,20,22,23). The van der Waals surface area contributed by atoms with Gasteiger partial charge in [-0.1, -0.05) is 30.5 Å². The molecule has 0 saturated carbocycles. The predicted octanol–water partition coefficient (Wildman–Crippen LogP) is 3.22. The molecule has 1 aliphatic heterocycles. The van der Waals surface area contributed by atoms with Gasteiger partial charge in [0.1, 0.15) is 0 Å². The number of carbonyl (C=O) groups excluding carboxylic acids is 2. The fraction of sp³-hybridized carbons (Fsp3) is 0.556. The minimum atomic E-state index is -0.469. The maximum absolute atomic E-state index is 12.3. The van der Waals surface area contributed by atoms with Crippen molar-refractivity contribution in [1.82, 2.24) is 10.2 Å². The zero-order valence-corrected chi connectivity index (χ0v) is 14.3. The zero-order valence-electron chi connectivity index (χ0n) is 14.3. The van der Waals surface area contributed by atoms with E-state index in [1.54, 1.807) is 0 Å². The second-order valence-electron chi connectivity index (χ2n) is 6.39. The van der Waals surface area contributed by atoms with Crippen molar-refractivity contribution in [2.24, 2.45) is 0 Å². The van der Waals surface area contributed by atoms with Crippen molar-refractivity contribution in [2.75, 3.05) is 18.4 Å². The summed E-state index contributed by atoms with van der Waals surface area (Å²) < 4.78 is 0. The molecule has 5 heteroatoms. The summed E-state index contributed by atoms with van der Waals surface area (Å²) in [6.45, 7) is 7.65. The number of hydrogen-bond acceptors (Lipinski definition) is 3. The molecule has 5 nitrogen and oxygen atoms in total. The first-order chi connectivity index (χ1) is 11.0. The van der Waals surface area contributed by atoms with Crippen molar-refractivity contribution in [1.29, 1.82) is 0 Å². The van der Waals surface area contributed by atoms with Gasteiger partial charge in [0.05, 0.1) is 6.04 Å². The predicted molar refractivity (Wildman–Crippen MR) is 92.6 cm³/mol. The molecule has 23 heavy (non-hydrogen) atoms. The van der Waals surface area contributed by atoms with Gasteiger partial charge in [0.2, 0.25) is 5.91 Å². The first-order valence-corrected chi connectivity index (χ1v) is 8.40. The number of urea groups is 1. The number of anilines is 1. The van der Waals surface area contributed by atoms with Crippen LogP contribution < -0.4 is 10.6 Å². The van der Waals surface area contributed by atoms with Crippen LogP contribution in [0.25, 0.3) is 0 Å². The number of likely N-dealkylation sites (tertiary alicyclic amines) is 1. The molecule has 2 rings (SSSR count). The highest BCUT2D eigenvalue weighted by Gasteiger charge is 2.23. The largest absolute Gasteiger partial charge is 0.325 e. The van der Waals surface area contributed by atoms with Crippen molar-refractivity contribution < 1.29 is 9.59 Å². The number of amides is 3. The minimum absolute atomic E-state index is 0.242. The first kappa shape index (κ1) is 17.5. The molecule has 1 fully saturated rings. The van der Waals surface area contributed by atoms with Crippen molar-refractivity contribution in [2.45, 2.75) is 52.5 Å². The number of benzene rings is 1. The van der Waals surface area contributed by atoms with Gasteiger partial charge >= 0.3 is 6.03 Å². The van der Waals surface area contributed by atoms with Crippen LogP contribution in [0.2, 0.25) is 0 Å². The van der Waals surface area contributed by atoms with Crippen molar-refractivity contribution in [3.05, 3.63) is 29.3 Å². The molecule has 0 aliphatic carbocycles. The van der Waals surface area contributed by atoms with Crippen LogP contribution in [0.4, 0.5) is 10.5 Å². The lowest BCUT2D eigenvalue weighted by Gasteiger charge is -2.26. The molecule has 0 spiro atoms. The number of aryl methyl sites for hydroxylation is 2. The van der Waals surface area contributed by atoms with E-state index in [-0.39, 0.29) is 11.9 Å². The van der Waals surface area contributed by atoms with E-state index in [0.29, 0.717) is 0 Å². The summed E-state index contributed by atoms with van der Waals surface area (Å²) in [4.78, 5) is 26.5. The van der Waals surface area contributed by atoms with Crippen LogP contribution in [0.15, 0.2) is 18.2 Å². The van der Waals surface area contributed by atoms with Crippen LogP contribution in [0, 0.1) is 13.8 Å². The van der Waals surface area contributed by atoms with E-state index in [9.17, 15) is 9.59 Å². The summed E-state index contributed by atoms with van der Waals surface area (Å²) in [5, 5.41) is 5.21. The van der Waals surface area contributed by atoms with Crippen LogP contribution in [0.5, 0.6) is 0 Å². The summed E-state index contributed by atoms with van der Waals surface area (Å²) in [6, 6.07) is 5.04. The average molecular weight is 317 g/mol. The summed E-state index contributed by atoms with van der Waals surface area (Å²) in [7, 11) is 0. The Labute approximate surface area is 138 Å². The summed E-state index contributed by atoms with van der Waals surface area (Å²) in [6.07, 6.45) is 4.68. The minimum Gasteiger partial charge on any atom is -0.307 e. The molecule has 1 aromatic carbocycles. The molecule has 1 saturated heterocycles. The SMILES string of the molecule is Cc1ccc(NC(=O)NC(=O)C(C)N2CCCCCC2)c(C)c1. The monoisotopic (exact) mass is 317 g/mol. The highest BCUT2D eigenvalue weighted by molar-refractivity contribution is 6.03. The van der Waals surface area contributed by atoms with Crippen molar-refractivity contribution in [3.8, 4) is 0 Å². The molecule has 1 heterocycles. The first-order valence-electron chi connectivity index (χ1n) is 8.40. The Morgan fingerprint density at radius 1 is 1.09 bits per heavy atom. The van der Waals surface area contributed by atoms with E-state index in [4.69, 9.17) is 0 Å². The molecule has 2 N–H and O–H groups in total. The molecule has 1 aliphatic rings. The number of rotatable bonds is 3. The van der Waals surface area contributed by atoms with Gasteiger partial charge in [-0.05, 0) is 58.3 Å². The average Bonchev–Trinajstić information content (AvgIpc) is 2.78. The third-order valence-corrected chi connectivity index (χ3v) is 4.43. The number of carbonyl (C=O) groups is 2. The van der Waals surface area contributed by atoms with Crippen LogP contribution in [0.3, 0.4) is 0 Å². The van der Waals surface area contributed by atoms with Crippen LogP contribution >= 0.6 is 0 Å². The van der Waals surface area contributed by atoms with Crippen LogP contribution in [-0.2, 0) is 4.79 Å². The van der Waals surface area contributed by atoms with E-state index in [1.165, 1.54) is 12.8 Å². The van der Waals surface area contributed by atoms with Crippen molar-refractivity contribution in [3.63, 3.8) is 0 Å². The number of nitrogens with zero attached hydrogens (tertiary/aromatic N) is 1. The molecular weight excluding hydrogens is 290 g/mol. The maximum atomic E-state index is 12.3. The molecule has 1 atom stereocenters. The third kappa shape index (κ3) is 5.06. The normalized spacial score (nSPS) is 17.2. The molecule has 3 amide bonds. The van der Waals surface area contributed by atoms with E-state index in [0.717, 1.165) is 42.7 Å². The lowest BCUT2D eigenvalue weighted by molar-refractivity contribution is -0.124. The van der Waals surface area contributed by atoms with Gasteiger partial charge in [-0.15, -0.1) is 0 Å². The Morgan fingerprint density at radius 3 is 2.35 bits per heavy atom. The Balaban J connectivity index is 1.89. The second kappa shape index (κ2) is 8.11.